The summed E-state index contributed by atoms with van der Waals surface area (Å²) in [7, 11) is 0. The minimum atomic E-state index is -0.124. The molecule has 5 heteroatoms. The molecule has 0 saturated heterocycles. The highest BCUT2D eigenvalue weighted by Gasteiger charge is 2.26. The number of benzene rings is 8. The summed E-state index contributed by atoms with van der Waals surface area (Å²) in [6.07, 6.45) is 1.90. The second-order valence-electron chi connectivity index (χ2n) is 19.6. The maximum absolute atomic E-state index is 6.58. The quantitative estimate of drug-likeness (QED) is 0.188. The van der Waals surface area contributed by atoms with Crippen molar-refractivity contribution in [1.82, 2.24) is 19.5 Å². The van der Waals surface area contributed by atoms with E-state index in [1.165, 1.54) is 27.3 Å². The topological polar surface area (TPSA) is 59.6 Å². The molecule has 0 fully saturated rings. The number of H-pyrrole nitrogens is 1. The first kappa shape index (κ1) is 38.9. The van der Waals surface area contributed by atoms with Gasteiger partial charge in [-0.1, -0.05) is 145 Å². The molecule has 65 heavy (non-hydrogen) atoms. The van der Waals surface area contributed by atoms with Gasteiger partial charge in [-0.3, -0.25) is 9.55 Å². The Bertz CT molecular complexity index is 3850. The van der Waals surface area contributed by atoms with E-state index in [1.54, 1.807) is 0 Å². The van der Waals surface area contributed by atoms with Crippen molar-refractivity contribution in [1.29, 1.82) is 0 Å². The zero-order chi connectivity index (χ0) is 44.2. The molecule has 0 aliphatic rings. The monoisotopic (exact) mass is 840 g/mol. The van der Waals surface area contributed by atoms with Gasteiger partial charge in [0.05, 0.1) is 22.2 Å². The van der Waals surface area contributed by atoms with Crippen molar-refractivity contribution in [3.8, 4) is 50.6 Å². The van der Waals surface area contributed by atoms with Crippen LogP contribution in [0.5, 0.6) is 0 Å². The van der Waals surface area contributed by atoms with Crippen LogP contribution in [0.2, 0.25) is 0 Å². The Labute approximate surface area is 378 Å². The first-order chi connectivity index (χ1) is 31.5. The van der Waals surface area contributed by atoms with E-state index >= 15 is 0 Å². The van der Waals surface area contributed by atoms with Gasteiger partial charge in [-0.05, 0) is 111 Å². The molecule has 0 aliphatic carbocycles. The highest BCUT2D eigenvalue weighted by Crippen LogP contribution is 2.44. The number of aromatic nitrogens is 4. The molecular formula is C60H48N4O. The summed E-state index contributed by atoms with van der Waals surface area (Å²) in [5.41, 5.74) is 16.4. The van der Waals surface area contributed by atoms with E-state index in [1.807, 2.05) is 18.3 Å². The summed E-state index contributed by atoms with van der Waals surface area (Å²) in [4.78, 5) is 14.8. The SMILES string of the molecule is CC(C)(C)c1ccc2[nH]c3c(-c4nc5c(-c6cc(-c7ccccc7)cc(-c7nccc8c7oc7ccccc78)c6)cccc5n4-c4cccc5ccccc45)cc(C(C)(C)C)cc3c2c1. The van der Waals surface area contributed by atoms with Crippen LogP contribution in [-0.4, -0.2) is 19.5 Å². The van der Waals surface area contributed by atoms with Crippen LogP contribution in [0.15, 0.2) is 180 Å². The number of furan rings is 1. The van der Waals surface area contributed by atoms with E-state index in [-0.39, 0.29) is 10.8 Å². The summed E-state index contributed by atoms with van der Waals surface area (Å²) < 4.78 is 8.98. The predicted molar refractivity (Wildman–Crippen MR) is 272 cm³/mol. The molecule has 12 rings (SSSR count). The first-order valence-corrected chi connectivity index (χ1v) is 22.6. The third-order valence-corrected chi connectivity index (χ3v) is 13.3. The number of hydrogen-bond donors (Lipinski definition) is 1. The Balaban J connectivity index is 1.17. The first-order valence-electron chi connectivity index (χ1n) is 22.6. The fraction of sp³-hybridized carbons (Fsp3) is 0.133. The van der Waals surface area contributed by atoms with Crippen molar-refractivity contribution in [2.45, 2.75) is 52.4 Å². The Morgan fingerprint density at radius 2 is 1.22 bits per heavy atom. The summed E-state index contributed by atoms with van der Waals surface area (Å²) in [5.74, 6) is 0.885. The summed E-state index contributed by atoms with van der Waals surface area (Å²) in [6, 6.07) is 61.2. The van der Waals surface area contributed by atoms with Gasteiger partial charge in [0.15, 0.2) is 5.58 Å². The van der Waals surface area contributed by atoms with Crippen LogP contribution in [-0.2, 0) is 10.8 Å². The van der Waals surface area contributed by atoms with Gasteiger partial charge in [0.25, 0.3) is 0 Å². The van der Waals surface area contributed by atoms with Crippen LogP contribution in [0.25, 0.3) is 116 Å². The second kappa shape index (κ2) is 14.4. The second-order valence-corrected chi connectivity index (χ2v) is 19.6. The van der Waals surface area contributed by atoms with Crippen molar-refractivity contribution in [2.75, 3.05) is 0 Å². The van der Waals surface area contributed by atoms with Crippen molar-refractivity contribution >= 4 is 65.6 Å². The highest BCUT2D eigenvalue weighted by molar-refractivity contribution is 6.13. The standard InChI is InChI=1S/C60H48N4O/c1-59(2,3)41-26-27-50-47(33-41)48-34-42(60(4,5)6)35-49(55(48)62-50)58-63-56-44(22-15-24-52(56)64(58)51-23-14-19-37-18-10-11-20-43(37)51)39-30-38(36-16-8-7-9-17-36)31-40(32-39)54-57-46(28-29-61-54)45-21-12-13-25-53(45)65-57/h7-35,62H,1-6H3. The van der Waals surface area contributed by atoms with Gasteiger partial charge in [0, 0.05) is 55.3 Å². The van der Waals surface area contributed by atoms with Crippen molar-refractivity contribution < 1.29 is 4.42 Å². The minimum absolute atomic E-state index is 0.00726. The molecule has 8 aromatic carbocycles. The summed E-state index contributed by atoms with van der Waals surface area (Å²) in [6.45, 7) is 13.8. The van der Waals surface area contributed by atoms with E-state index < -0.39 is 0 Å². The van der Waals surface area contributed by atoms with Crippen molar-refractivity contribution in [3.63, 3.8) is 0 Å². The van der Waals surface area contributed by atoms with E-state index in [9.17, 15) is 0 Å². The lowest BCUT2D eigenvalue weighted by atomic mass is 9.84. The zero-order valence-corrected chi connectivity index (χ0v) is 37.5. The lowest BCUT2D eigenvalue weighted by molar-refractivity contribution is 0.590. The molecular weight excluding hydrogens is 793 g/mol. The molecule has 1 N–H and O–H groups in total. The van der Waals surface area contributed by atoms with Gasteiger partial charge in [0.2, 0.25) is 0 Å². The van der Waals surface area contributed by atoms with E-state index in [0.717, 1.165) is 100.0 Å². The van der Waals surface area contributed by atoms with E-state index in [2.05, 4.69) is 209 Å². The van der Waals surface area contributed by atoms with Gasteiger partial charge >= 0.3 is 0 Å². The molecule has 4 aromatic heterocycles. The number of rotatable bonds is 5. The number of aromatic amines is 1. The molecule has 12 aromatic rings. The number of imidazole rings is 1. The average Bonchev–Trinajstić information content (AvgIpc) is 4.02. The van der Waals surface area contributed by atoms with Crippen LogP contribution in [0.3, 0.4) is 0 Å². The molecule has 4 heterocycles. The van der Waals surface area contributed by atoms with Gasteiger partial charge in [-0.15, -0.1) is 0 Å². The van der Waals surface area contributed by atoms with E-state index in [0.29, 0.717) is 0 Å². The number of nitrogens with zero attached hydrogens (tertiary/aromatic N) is 3. The normalized spacial score (nSPS) is 12.5. The minimum Gasteiger partial charge on any atom is -0.454 e. The highest BCUT2D eigenvalue weighted by atomic mass is 16.3. The van der Waals surface area contributed by atoms with Gasteiger partial charge < -0.3 is 9.40 Å². The Morgan fingerprint density at radius 3 is 2.05 bits per heavy atom. The van der Waals surface area contributed by atoms with Crippen molar-refractivity contribution in [3.05, 3.63) is 187 Å². The summed E-state index contributed by atoms with van der Waals surface area (Å²) in [5, 5.41) is 6.90. The third-order valence-electron chi connectivity index (χ3n) is 13.3. The molecule has 314 valence electrons. The molecule has 0 atom stereocenters. The Hall–Kier alpha value is -7.76. The maximum atomic E-state index is 6.58. The largest absolute Gasteiger partial charge is 0.454 e. The molecule has 0 radical (unpaired) electrons. The lowest BCUT2D eigenvalue weighted by Gasteiger charge is -2.21. The zero-order valence-electron chi connectivity index (χ0n) is 37.5. The van der Waals surface area contributed by atoms with Crippen LogP contribution >= 0.6 is 0 Å². The molecule has 0 aliphatic heterocycles. The van der Waals surface area contributed by atoms with Crippen molar-refractivity contribution in [2.24, 2.45) is 0 Å². The van der Waals surface area contributed by atoms with Crippen LogP contribution in [0.1, 0.15) is 52.7 Å². The predicted octanol–water partition coefficient (Wildman–Crippen LogP) is 16.4. The van der Waals surface area contributed by atoms with Crippen LogP contribution < -0.4 is 0 Å². The van der Waals surface area contributed by atoms with Crippen LogP contribution in [0.4, 0.5) is 0 Å². The fourth-order valence-electron chi connectivity index (χ4n) is 9.81. The number of pyridine rings is 1. The molecule has 0 amide bonds. The number of hydrogen-bond acceptors (Lipinski definition) is 3. The van der Waals surface area contributed by atoms with Gasteiger partial charge in [-0.2, -0.15) is 0 Å². The molecule has 5 nitrogen and oxygen atoms in total. The van der Waals surface area contributed by atoms with Gasteiger partial charge in [-0.25, -0.2) is 4.98 Å². The third kappa shape index (κ3) is 6.36. The lowest BCUT2D eigenvalue weighted by Crippen LogP contribution is -2.11. The number of nitrogens with one attached hydrogen (secondary N) is 1. The molecule has 0 unspecified atom stereocenters. The Kier molecular flexibility index (Phi) is 8.60. The fourth-order valence-corrected chi connectivity index (χ4v) is 9.81. The number of para-hydroxylation sites is 2. The average molecular weight is 841 g/mol. The maximum Gasteiger partial charge on any atom is 0.161 e. The molecule has 0 bridgehead atoms. The summed E-state index contributed by atoms with van der Waals surface area (Å²) >= 11 is 0. The Morgan fingerprint density at radius 1 is 0.508 bits per heavy atom. The smallest absolute Gasteiger partial charge is 0.161 e. The number of fused-ring (bicyclic) bond motifs is 8. The molecule has 0 saturated carbocycles. The molecule has 0 spiro atoms. The van der Waals surface area contributed by atoms with E-state index in [4.69, 9.17) is 14.4 Å². The van der Waals surface area contributed by atoms with Gasteiger partial charge in [0.1, 0.15) is 17.1 Å². The van der Waals surface area contributed by atoms with Crippen LogP contribution in [0, 0.1) is 0 Å².